The van der Waals surface area contributed by atoms with Gasteiger partial charge in [-0.2, -0.15) is 13.2 Å². The first kappa shape index (κ1) is 14.2. The normalized spacial score (nSPS) is 21.4. The summed E-state index contributed by atoms with van der Waals surface area (Å²) in [6.07, 6.45) is -3.42. The second kappa shape index (κ2) is 5.68. The molecule has 1 fully saturated rings. The third-order valence-electron chi connectivity index (χ3n) is 3.00. The van der Waals surface area contributed by atoms with E-state index in [0.29, 0.717) is 32.6 Å². The molecule has 0 saturated carbocycles. The van der Waals surface area contributed by atoms with Gasteiger partial charge in [0.15, 0.2) is 0 Å². The Kier molecular flexibility index (Phi) is 4.76. The summed E-state index contributed by atoms with van der Waals surface area (Å²) in [6.45, 7) is 2.90. The van der Waals surface area contributed by atoms with Crippen LogP contribution in [0, 0.1) is 5.41 Å². The predicted octanol–water partition coefficient (Wildman–Crippen LogP) is 0.881. The number of alkyl halides is 3. The Morgan fingerprint density at radius 3 is 2.18 bits per heavy atom. The monoisotopic (exact) mass is 252 g/mol. The lowest BCUT2D eigenvalue weighted by Gasteiger charge is -2.38. The van der Waals surface area contributed by atoms with Gasteiger partial charge >= 0.3 is 6.18 Å². The Bertz CT molecular complexity index is 259. The number of rotatable bonds is 4. The molecular weight excluding hydrogens is 233 g/mol. The zero-order valence-corrected chi connectivity index (χ0v) is 9.93. The lowest BCUT2D eigenvalue weighted by Crippen LogP contribution is -2.55. The van der Waals surface area contributed by atoms with Crippen molar-refractivity contribution in [3.05, 3.63) is 0 Å². The molecule has 1 atom stereocenters. The van der Waals surface area contributed by atoms with E-state index in [0.717, 1.165) is 0 Å². The van der Waals surface area contributed by atoms with Gasteiger partial charge in [-0.25, -0.2) is 0 Å². The highest BCUT2D eigenvalue weighted by atomic mass is 19.4. The first-order valence-corrected chi connectivity index (χ1v) is 5.70. The van der Waals surface area contributed by atoms with Gasteiger partial charge in [0.25, 0.3) is 0 Å². The molecule has 100 valence electrons. The maximum Gasteiger partial charge on any atom is 0.401 e. The molecule has 0 bridgehead atoms. The van der Waals surface area contributed by atoms with Gasteiger partial charge in [-0.3, -0.25) is 15.2 Å². The number of piperazine rings is 1. The predicted molar refractivity (Wildman–Crippen MR) is 60.1 cm³/mol. The standard InChI is InChI=1S/C10H19F3N4/c1-2-8(9(14)15)17-5-3-16(4-6-17)7-10(11,12)13/h8H,2-7H2,1H3,(H3,14,15). The summed E-state index contributed by atoms with van der Waals surface area (Å²) in [5, 5.41) is 7.42. The van der Waals surface area contributed by atoms with Crippen LogP contribution in [0.25, 0.3) is 0 Å². The highest BCUT2D eigenvalue weighted by Gasteiger charge is 2.33. The van der Waals surface area contributed by atoms with Crippen LogP contribution in [0.2, 0.25) is 0 Å². The number of amidine groups is 1. The van der Waals surface area contributed by atoms with Crippen molar-refractivity contribution in [2.24, 2.45) is 5.73 Å². The first-order chi connectivity index (χ1) is 7.83. The SMILES string of the molecule is CCC(C(=N)N)N1CCN(CC(F)(F)F)CC1. The van der Waals surface area contributed by atoms with Crippen molar-refractivity contribution >= 4 is 5.84 Å². The van der Waals surface area contributed by atoms with Crippen LogP contribution in [-0.2, 0) is 0 Å². The summed E-state index contributed by atoms with van der Waals surface area (Å²) in [4.78, 5) is 3.37. The molecule has 0 aliphatic carbocycles. The highest BCUT2D eigenvalue weighted by Crippen LogP contribution is 2.18. The molecule has 1 unspecified atom stereocenters. The van der Waals surface area contributed by atoms with E-state index in [4.69, 9.17) is 11.1 Å². The van der Waals surface area contributed by atoms with Gasteiger partial charge in [0.2, 0.25) is 0 Å². The van der Waals surface area contributed by atoms with Crippen LogP contribution in [0.1, 0.15) is 13.3 Å². The van der Waals surface area contributed by atoms with Crippen LogP contribution < -0.4 is 5.73 Å². The fourth-order valence-electron chi connectivity index (χ4n) is 2.16. The molecule has 1 heterocycles. The molecule has 1 aliphatic heterocycles. The fourth-order valence-corrected chi connectivity index (χ4v) is 2.16. The molecule has 0 aromatic carbocycles. The minimum absolute atomic E-state index is 0.0942. The van der Waals surface area contributed by atoms with E-state index in [1.165, 1.54) is 4.90 Å². The van der Waals surface area contributed by atoms with E-state index in [2.05, 4.69) is 0 Å². The van der Waals surface area contributed by atoms with Crippen molar-refractivity contribution in [3.8, 4) is 0 Å². The van der Waals surface area contributed by atoms with Gasteiger partial charge in [0.05, 0.1) is 12.6 Å². The minimum atomic E-state index is -4.13. The topological polar surface area (TPSA) is 56.4 Å². The second-order valence-corrected chi connectivity index (χ2v) is 4.31. The summed E-state index contributed by atoms with van der Waals surface area (Å²) in [5.74, 6) is 0.0942. The summed E-state index contributed by atoms with van der Waals surface area (Å²) in [7, 11) is 0. The number of halogens is 3. The molecule has 7 heteroatoms. The second-order valence-electron chi connectivity index (χ2n) is 4.31. The number of nitrogens with two attached hydrogens (primary N) is 1. The molecule has 0 aromatic heterocycles. The lowest BCUT2D eigenvalue weighted by molar-refractivity contribution is -0.149. The maximum absolute atomic E-state index is 12.2. The Morgan fingerprint density at radius 2 is 1.82 bits per heavy atom. The Morgan fingerprint density at radius 1 is 1.29 bits per heavy atom. The third kappa shape index (κ3) is 4.51. The van der Waals surface area contributed by atoms with Gasteiger partial charge in [-0.1, -0.05) is 6.92 Å². The number of nitrogens with one attached hydrogen (secondary N) is 1. The van der Waals surface area contributed by atoms with Crippen LogP contribution in [0.5, 0.6) is 0 Å². The van der Waals surface area contributed by atoms with Gasteiger partial charge in [-0.05, 0) is 6.42 Å². The van der Waals surface area contributed by atoms with Gasteiger partial charge < -0.3 is 5.73 Å². The number of hydrogen-bond acceptors (Lipinski definition) is 3. The van der Waals surface area contributed by atoms with Crippen molar-refractivity contribution in [2.75, 3.05) is 32.7 Å². The fraction of sp³-hybridized carbons (Fsp3) is 0.900. The smallest absolute Gasteiger partial charge is 0.386 e. The van der Waals surface area contributed by atoms with Gasteiger partial charge in [0, 0.05) is 26.2 Å². The highest BCUT2D eigenvalue weighted by molar-refractivity contribution is 5.82. The van der Waals surface area contributed by atoms with Crippen LogP contribution in [0.3, 0.4) is 0 Å². The molecule has 0 spiro atoms. The molecule has 17 heavy (non-hydrogen) atoms. The quantitative estimate of drug-likeness (QED) is 0.577. The molecule has 3 N–H and O–H groups in total. The average Bonchev–Trinajstić information content (AvgIpc) is 2.18. The van der Waals surface area contributed by atoms with E-state index in [-0.39, 0.29) is 11.9 Å². The van der Waals surface area contributed by atoms with Crippen LogP contribution in [0.15, 0.2) is 0 Å². The Balaban J connectivity index is 2.42. The molecule has 1 rings (SSSR count). The summed E-state index contributed by atoms with van der Waals surface area (Å²) in [5.41, 5.74) is 5.46. The van der Waals surface area contributed by atoms with Crippen molar-refractivity contribution in [3.63, 3.8) is 0 Å². The molecule has 4 nitrogen and oxygen atoms in total. The molecule has 1 aliphatic rings. The number of nitrogens with zero attached hydrogens (tertiary/aromatic N) is 2. The van der Waals surface area contributed by atoms with Crippen LogP contribution in [-0.4, -0.2) is 60.6 Å². The summed E-state index contributed by atoms with van der Waals surface area (Å²) >= 11 is 0. The van der Waals surface area contributed by atoms with Crippen molar-refractivity contribution in [1.29, 1.82) is 5.41 Å². The van der Waals surface area contributed by atoms with Gasteiger partial charge in [0.1, 0.15) is 5.84 Å². The summed E-state index contributed by atoms with van der Waals surface area (Å²) in [6, 6.07) is -0.136. The van der Waals surface area contributed by atoms with E-state index >= 15 is 0 Å². The first-order valence-electron chi connectivity index (χ1n) is 5.70. The molecule has 0 amide bonds. The third-order valence-corrected chi connectivity index (χ3v) is 3.00. The molecule has 0 radical (unpaired) electrons. The van der Waals surface area contributed by atoms with E-state index in [1.807, 2.05) is 11.8 Å². The van der Waals surface area contributed by atoms with Crippen molar-refractivity contribution in [2.45, 2.75) is 25.6 Å². The molecular formula is C10H19F3N4. The zero-order chi connectivity index (χ0) is 13.1. The zero-order valence-electron chi connectivity index (χ0n) is 9.93. The van der Waals surface area contributed by atoms with E-state index in [9.17, 15) is 13.2 Å². The maximum atomic E-state index is 12.2. The van der Waals surface area contributed by atoms with Crippen molar-refractivity contribution < 1.29 is 13.2 Å². The average molecular weight is 252 g/mol. The van der Waals surface area contributed by atoms with Crippen LogP contribution in [0.4, 0.5) is 13.2 Å². The van der Waals surface area contributed by atoms with Gasteiger partial charge in [-0.15, -0.1) is 0 Å². The largest absolute Gasteiger partial charge is 0.401 e. The summed E-state index contributed by atoms with van der Waals surface area (Å²) < 4.78 is 36.5. The van der Waals surface area contributed by atoms with Crippen LogP contribution >= 0.6 is 0 Å². The van der Waals surface area contributed by atoms with Crippen molar-refractivity contribution in [1.82, 2.24) is 9.80 Å². The van der Waals surface area contributed by atoms with E-state index < -0.39 is 12.7 Å². The number of hydrogen-bond donors (Lipinski definition) is 2. The molecule has 0 aromatic rings. The minimum Gasteiger partial charge on any atom is -0.386 e. The lowest BCUT2D eigenvalue weighted by atomic mass is 10.1. The Hall–Kier alpha value is -0.820. The van der Waals surface area contributed by atoms with E-state index in [1.54, 1.807) is 0 Å². The Labute approximate surface area is 99.1 Å². The molecule has 1 saturated heterocycles.